The first kappa shape index (κ1) is 25.4. The third-order valence-corrected chi connectivity index (χ3v) is 5.57. The number of benzene rings is 2. The molecule has 186 valence electrons. The van der Waals surface area contributed by atoms with Crippen molar-refractivity contribution in [3.05, 3.63) is 57.4 Å². The lowest BCUT2D eigenvalue weighted by molar-refractivity contribution is -0.385. The molecule has 1 aliphatic heterocycles. The van der Waals surface area contributed by atoms with Gasteiger partial charge in [0.25, 0.3) is 11.6 Å². The number of carbonyl (C=O) groups excluding carboxylic acids is 3. The SMILES string of the molecule is COc1cc(C(=O)OCC(=O)N2CCN(c3ccc(C(C)=O)cc3F)CC2)c([N+](=O)[O-])cc1OC. The highest BCUT2D eigenvalue weighted by Crippen LogP contribution is 2.34. The van der Waals surface area contributed by atoms with Gasteiger partial charge < -0.3 is 24.0 Å². The van der Waals surface area contributed by atoms with E-state index in [9.17, 15) is 28.9 Å². The molecule has 1 amide bonds. The van der Waals surface area contributed by atoms with Gasteiger partial charge in [-0.15, -0.1) is 0 Å². The zero-order valence-corrected chi connectivity index (χ0v) is 19.4. The summed E-state index contributed by atoms with van der Waals surface area (Å²) in [6.45, 7) is 1.90. The maximum atomic E-state index is 14.4. The summed E-state index contributed by atoms with van der Waals surface area (Å²) >= 11 is 0. The second kappa shape index (κ2) is 10.8. The van der Waals surface area contributed by atoms with Gasteiger partial charge in [-0.1, -0.05) is 0 Å². The summed E-state index contributed by atoms with van der Waals surface area (Å²) in [5, 5.41) is 11.4. The van der Waals surface area contributed by atoms with Crippen molar-refractivity contribution in [2.75, 3.05) is 51.9 Å². The van der Waals surface area contributed by atoms with E-state index in [1.165, 1.54) is 38.2 Å². The number of hydrogen-bond donors (Lipinski definition) is 0. The number of halogens is 1. The van der Waals surface area contributed by atoms with Crippen LogP contribution in [0.5, 0.6) is 11.5 Å². The van der Waals surface area contributed by atoms with Crippen LogP contribution in [0.3, 0.4) is 0 Å². The number of rotatable bonds is 8. The number of esters is 1. The second-order valence-corrected chi connectivity index (χ2v) is 7.65. The molecule has 11 nitrogen and oxygen atoms in total. The van der Waals surface area contributed by atoms with E-state index in [4.69, 9.17) is 14.2 Å². The Morgan fingerprint density at radius 2 is 1.66 bits per heavy atom. The van der Waals surface area contributed by atoms with Crippen molar-refractivity contribution in [2.24, 2.45) is 0 Å². The van der Waals surface area contributed by atoms with Crippen molar-refractivity contribution in [2.45, 2.75) is 6.92 Å². The third-order valence-electron chi connectivity index (χ3n) is 5.57. The number of nitro benzene ring substituents is 1. The van der Waals surface area contributed by atoms with Crippen LogP contribution < -0.4 is 14.4 Å². The quantitative estimate of drug-likeness (QED) is 0.238. The normalized spacial score (nSPS) is 13.3. The summed E-state index contributed by atoms with van der Waals surface area (Å²) < 4.78 is 29.5. The molecule has 1 heterocycles. The molecule has 3 rings (SSSR count). The van der Waals surface area contributed by atoms with E-state index in [2.05, 4.69) is 0 Å². The van der Waals surface area contributed by atoms with Gasteiger partial charge in [-0.3, -0.25) is 19.7 Å². The molecule has 0 aliphatic carbocycles. The smallest absolute Gasteiger partial charge is 0.345 e. The molecule has 0 spiro atoms. The average Bonchev–Trinajstić information content (AvgIpc) is 2.86. The van der Waals surface area contributed by atoms with Gasteiger partial charge in [-0.25, -0.2) is 9.18 Å². The van der Waals surface area contributed by atoms with Crippen LogP contribution in [0.4, 0.5) is 15.8 Å². The van der Waals surface area contributed by atoms with E-state index in [1.54, 1.807) is 11.0 Å². The van der Waals surface area contributed by atoms with Gasteiger partial charge >= 0.3 is 5.97 Å². The summed E-state index contributed by atoms with van der Waals surface area (Å²) in [4.78, 5) is 50.3. The van der Waals surface area contributed by atoms with Crippen LogP contribution in [0, 0.1) is 15.9 Å². The van der Waals surface area contributed by atoms with Gasteiger partial charge in [0.1, 0.15) is 11.4 Å². The van der Waals surface area contributed by atoms with E-state index in [1.807, 2.05) is 0 Å². The molecule has 0 bridgehead atoms. The van der Waals surface area contributed by atoms with Crippen LogP contribution >= 0.6 is 0 Å². The van der Waals surface area contributed by atoms with Crippen molar-refractivity contribution in [1.29, 1.82) is 0 Å². The molecule has 0 radical (unpaired) electrons. The monoisotopic (exact) mass is 489 g/mol. The number of hydrogen-bond acceptors (Lipinski definition) is 9. The van der Waals surface area contributed by atoms with Crippen molar-refractivity contribution in [1.82, 2.24) is 4.90 Å². The van der Waals surface area contributed by atoms with Gasteiger partial charge in [0, 0.05) is 37.8 Å². The predicted molar refractivity (Wildman–Crippen MR) is 122 cm³/mol. The minimum Gasteiger partial charge on any atom is -0.493 e. The molecule has 35 heavy (non-hydrogen) atoms. The fourth-order valence-corrected chi connectivity index (χ4v) is 3.66. The average molecular weight is 489 g/mol. The largest absolute Gasteiger partial charge is 0.493 e. The number of carbonyl (C=O) groups is 3. The number of amides is 1. The molecule has 12 heteroatoms. The Morgan fingerprint density at radius 1 is 1.03 bits per heavy atom. The molecule has 0 atom stereocenters. The highest BCUT2D eigenvalue weighted by Gasteiger charge is 2.28. The van der Waals surface area contributed by atoms with Crippen LogP contribution in [-0.2, 0) is 9.53 Å². The van der Waals surface area contributed by atoms with Crippen LogP contribution in [0.25, 0.3) is 0 Å². The Hall–Kier alpha value is -4.22. The minimum absolute atomic E-state index is 0.0667. The molecule has 0 saturated carbocycles. The number of ether oxygens (including phenoxy) is 3. The highest BCUT2D eigenvalue weighted by atomic mass is 19.1. The number of methoxy groups -OCH3 is 2. The first-order chi connectivity index (χ1) is 16.7. The molecule has 1 saturated heterocycles. The number of ketones is 1. The summed E-state index contributed by atoms with van der Waals surface area (Å²) in [6.07, 6.45) is 0. The first-order valence-corrected chi connectivity index (χ1v) is 10.6. The fraction of sp³-hybridized carbons (Fsp3) is 0.348. The zero-order chi connectivity index (χ0) is 25.7. The summed E-state index contributed by atoms with van der Waals surface area (Å²) in [6, 6.07) is 6.42. The Balaban J connectivity index is 1.61. The fourth-order valence-electron chi connectivity index (χ4n) is 3.66. The number of Topliss-reactive ketones (excluding diaryl/α,β-unsaturated/α-hetero) is 1. The van der Waals surface area contributed by atoms with Crippen molar-refractivity contribution >= 4 is 29.0 Å². The molecule has 2 aromatic carbocycles. The number of piperazine rings is 1. The second-order valence-electron chi connectivity index (χ2n) is 7.65. The Bertz CT molecular complexity index is 1160. The standard InChI is InChI=1S/C23H24FN3O8/c1-14(28)15-4-5-18(17(24)10-15)25-6-8-26(9-7-25)22(29)13-35-23(30)16-11-20(33-2)21(34-3)12-19(16)27(31)32/h4-5,10-12H,6-9,13H2,1-3H3. The maximum absolute atomic E-state index is 14.4. The molecule has 2 aromatic rings. The lowest BCUT2D eigenvalue weighted by atomic mass is 10.1. The van der Waals surface area contributed by atoms with Crippen molar-refractivity contribution < 1.29 is 37.9 Å². The van der Waals surface area contributed by atoms with E-state index < -0.39 is 34.9 Å². The van der Waals surface area contributed by atoms with E-state index in [0.717, 1.165) is 12.1 Å². The molecular formula is C23H24FN3O8. The van der Waals surface area contributed by atoms with Crippen molar-refractivity contribution in [3.63, 3.8) is 0 Å². The summed E-state index contributed by atoms with van der Waals surface area (Å²) in [5.41, 5.74) is -0.327. The van der Waals surface area contributed by atoms with Crippen LogP contribution in [0.2, 0.25) is 0 Å². The maximum Gasteiger partial charge on any atom is 0.345 e. The predicted octanol–water partition coefficient (Wildman–Crippen LogP) is 2.46. The Labute approximate surface area is 200 Å². The van der Waals surface area contributed by atoms with Gasteiger partial charge in [0.15, 0.2) is 23.9 Å². The van der Waals surface area contributed by atoms with Crippen LogP contribution in [0.1, 0.15) is 27.6 Å². The molecular weight excluding hydrogens is 465 g/mol. The van der Waals surface area contributed by atoms with E-state index in [-0.39, 0.29) is 41.5 Å². The summed E-state index contributed by atoms with van der Waals surface area (Å²) in [7, 11) is 2.61. The molecule has 1 fully saturated rings. The van der Waals surface area contributed by atoms with Gasteiger partial charge in [-0.05, 0) is 25.1 Å². The third kappa shape index (κ3) is 5.65. The van der Waals surface area contributed by atoms with Crippen LogP contribution in [-0.4, -0.2) is 74.5 Å². The Morgan fingerprint density at radius 3 is 2.20 bits per heavy atom. The van der Waals surface area contributed by atoms with E-state index >= 15 is 0 Å². The molecule has 0 aromatic heterocycles. The number of nitro groups is 1. The zero-order valence-electron chi connectivity index (χ0n) is 19.4. The molecule has 0 unspecified atom stereocenters. The van der Waals surface area contributed by atoms with Crippen LogP contribution in [0.15, 0.2) is 30.3 Å². The summed E-state index contributed by atoms with van der Waals surface area (Å²) in [5.74, 6) is -2.15. The van der Waals surface area contributed by atoms with Gasteiger partial charge in [0.2, 0.25) is 0 Å². The van der Waals surface area contributed by atoms with E-state index in [0.29, 0.717) is 18.8 Å². The minimum atomic E-state index is -1.06. The first-order valence-electron chi connectivity index (χ1n) is 10.6. The van der Waals surface area contributed by atoms with Gasteiger partial charge in [0.05, 0.1) is 30.9 Å². The number of nitrogens with zero attached hydrogens (tertiary/aromatic N) is 3. The molecule has 1 aliphatic rings. The molecule has 0 N–H and O–H groups in total. The number of anilines is 1. The van der Waals surface area contributed by atoms with Crippen molar-refractivity contribution in [3.8, 4) is 11.5 Å². The Kier molecular flexibility index (Phi) is 7.84. The lowest BCUT2D eigenvalue weighted by Crippen LogP contribution is -2.50. The topological polar surface area (TPSA) is 129 Å². The van der Waals surface area contributed by atoms with Gasteiger partial charge in [-0.2, -0.15) is 0 Å². The highest BCUT2D eigenvalue weighted by molar-refractivity contribution is 5.96. The lowest BCUT2D eigenvalue weighted by Gasteiger charge is -2.36.